The zero-order chi connectivity index (χ0) is 18.0. The van der Waals surface area contributed by atoms with Gasteiger partial charge in [-0.05, 0) is 36.6 Å². The van der Waals surface area contributed by atoms with E-state index in [1.165, 1.54) is 0 Å². The Morgan fingerprint density at radius 2 is 2.12 bits per heavy atom. The minimum atomic E-state index is -0.512. The second-order valence-electron chi connectivity index (χ2n) is 7.06. The van der Waals surface area contributed by atoms with Crippen molar-refractivity contribution in [3.05, 3.63) is 46.8 Å². The second-order valence-corrected chi connectivity index (χ2v) is 7.49. The topological polar surface area (TPSA) is 58.4 Å². The van der Waals surface area contributed by atoms with E-state index in [2.05, 4.69) is 29.2 Å². The van der Waals surface area contributed by atoms with E-state index < -0.39 is 5.41 Å². The van der Waals surface area contributed by atoms with Crippen LogP contribution in [0, 0.1) is 5.41 Å². The number of anilines is 1. The summed E-state index contributed by atoms with van der Waals surface area (Å²) in [6.45, 7) is 5.62. The molecule has 134 valence electrons. The molecular weight excluding hydrogens is 338 g/mol. The fraction of sp³-hybridized carbons (Fsp3) is 0.474. The third-order valence-electron chi connectivity index (χ3n) is 4.94. The average molecular weight is 362 g/mol. The van der Waals surface area contributed by atoms with Crippen LogP contribution in [-0.4, -0.2) is 31.2 Å². The van der Waals surface area contributed by atoms with Crippen LogP contribution in [-0.2, 0) is 11.2 Å². The third kappa shape index (κ3) is 3.66. The summed E-state index contributed by atoms with van der Waals surface area (Å²) in [5, 5.41) is 7.67. The molecule has 1 saturated heterocycles. The molecule has 0 unspecified atom stereocenters. The highest BCUT2D eigenvalue weighted by Crippen LogP contribution is 2.37. The molecule has 1 fully saturated rings. The molecule has 0 aliphatic carbocycles. The van der Waals surface area contributed by atoms with Crippen LogP contribution in [0.15, 0.2) is 34.9 Å². The molecule has 5 nitrogen and oxygen atoms in total. The Labute approximate surface area is 153 Å². The van der Waals surface area contributed by atoms with E-state index in [1.54, 1.807) is 7.05 Å². The molecule has 1 aromatic heterocycles. The zero-order valence-corrected chi connectivity index (χ0v) is 15.6. The summed E-state index contributed by atoms with van der Waals surface area (Å²) in [7, 11) is 1.69. The highest BCUT2D eigenvalue weighted by atomic mass is 35.5. The molecule has 6 heteroatoms. The van der Waals surface area contributed by atoms with Gasteiger partial charge in [0.1, 0.15) is 5.76 Å². The molecule has 1 aromatic carbocycles. The van der Waals surface area contributed by atoms with Crippen molar-refractivity contribution < 1.29 is 9.32 Å². The predicted molar refractivity (Wildman–Crippen MR) is 99.1 cm³/mol. The molecule has 1 atom stereocenters. The van der Waals surface area contributed by atoms with Crippen molar-refractivity contribution in [2.24, 2.45) is 5.41 Å². The van der Waals surface area contributed by atoms with E-state index >= 15 is 0 Å². The van der Waals surface area contributed by atoms with Crippen molar-refractivity contribution in [2.75, 3.05) is 25.0 Å². The van der Waals surface area contributed by atoms with Crippen molar-refractivity contribution in [2.45, 2.75) is 32.6 Å². The number of carbonyl (C=O) groups excluding carboxylic acids is 1. The van der Waals surface area contributed by atoms with E-state index in [4.69, 9.17) is 16.1 Å². The van der Waals surface area contributed by atoms with Crippen LogP contribution in [0.3, 0.4) is 0 Å². The molecule has 2 aromatic rings. The first-order valence-corrected chi connectivity index (χ1v) is 8.99. The Balaban J connectivity index is 1.82. The Bertz CT molecular complexity index is 741. The van der Waals surface area contributed by atoms with Gasteiger partial charge in [-0.1, -0.05) is 30.6 Å². The van der Waals surface area contributed by atoms with Crippen LogP contribution in [0.4, 0.5) is 5.69 Å². The fourth-order valence-electron chi connectivity index (χ4n) is 3.44. The highest BCUT2D eigenvalue weighted by molar-refractivity contribution is 6.30. The van der Waals surface area contributed by atoms with E-state index in [0.29, 0.717) is 23.9 Å². The van der Waals surface area contributed by atoms with Gasteiger partial charge in [0.25, 0.3) is 0 Å². The van der Waals surface area contributed by atoms with Crippen LogP contribution in [0.1, 0.15) is 37.6 Å². The number of nitrogens with one attached hydrogen (secondary N) is 1. The van der Waals surface area contributed by atoms with Gasteiger partial charge in [-0.2, -0.15) is 0 Å². The van der Waals surface area contributed by atoms with Crippen molar-refractivity contribution in [1.82, 2.24) is 10.5 Å². The minimum absolute atomic E-state index is 0.0476. The van der Waals surface area contributed by atoms with Gasteiger partial charge in [0.15, 0.2) is 0 Å². The maximum atomic E-state index is 12.7. The lowest BCUT2D eigenvalue weighted by Gasteiger charge is -2.27. The fourth-order valence-corrected chi connectivity index (χ4v) is 3.56. The highest BCUT2D eigenvalue weighted by Gasteiger charge is 2.45. The van der Waals surface area contributed by atoms with E-state index in [-0.39, 0.29) is 5.91 Å². The number of hydrogen-bond acceptors (Lipinski definition) is 4. The number of aromatic nitrogens is 1. The first-order valence-electron chi connectivity index (χ1n) is 8.62. The van der Waals surface area contributed by atoms with Crippen LogP contribution in [0.25, 0.3) is 0 Å². The minimum Gasteiger partial charge on any atom is -0.370 e. The lowest BCUT2D eigenvalue weighted by Crippen LogP contribution is -2.43. The van der Waals surface area contributed by atoms with Gasteiger partial charge >= 0.3 is 0 Å². The molecule has 1 aliphatic rings. The SMILES string of the molecule is CNC(=O)[C@]1(Cc2cc(C(C)C)no2)CCN(c2ccc(Cl)cc2)C1. The second kappa shape index (κ2) is 7.08. The first kappa shape index (κ1) is 17.8. The molecule has 25 heavy (non-hydrogen) atoms. The number of carbonyl (C=O) groups is 1. The van der Waals surface area contributed by atoms with E-state index in [0.717, 1.165) is 30.1 Å². The van der Waals surface area contributed by atoms with Gasteiger partial charge < -0.3 is 14.7 Å². The van der Waals surface area contributed by atoms with Crippen LogP contribution in [0.5, 0.6) is 0 Å². The number of halogens is 1. The monoisotopic (exact) mass is 361 g/mol. The van der Waals surface area contributed by atoms with E-state index in [1.807, 2.05) is 30.3 Å². The number of nitrogens with zero attached hydrogens (tertiary/aromatic N) is 2. The molecule has 1 N–H and O–H groups in total. The van der Waals surface area contributed by atoms with Crippen molar-refractivity contribution in [3.63, 3.8) is 0 Å². The van der Waals surface area contributed by atoms with Gasteiger partial charge in [0.2, 0.25) is 5.91 Å². The summed E-state index contributed by atoms with van der Waals surface area (Å²) in [4.78, 5) is 14.9. The quantitative estimate of drug-likeness (QED) is 0.883. The molecule has 2 heterocycles. The Morgan fingerprint density at radius 1 is 1.40 bits per heavy atom. The number of amides is 1. The first-order chi connectivity index (χ1) is 11.9. The standard InChI is InChI=1S/C19H24ClN3O2/c1-13(2)17-10-16(25-22-17)11-19(18(24)21-3)8-9-23(12-19)15-6-4-14(20)5-7-15/h4-7,10,13H,8-9,11-12H2,1-3H3,(H,21,24)/t19-/m0/s1. The largest absolute Gasteiger partial charge is 0.370 e. The molecule has 1 amide bonds. The molecule has 0 spiro atoms. The Kier molecular flexibility index (Phi) is 5.04. The summed E-state index contributed by atoms with van der Waals surface area (Å²) in [6, 6.07) is 9.71. The molecule has 0 radical (unpaired) electrons. The van der Waals surface area contributed by atoms with Gasteiger partial charge in [0, 0.05) is 43.3 Å². The zero-order valence-electron chi connectivity index (χ0n) is 14.9. The summed E-state index contributed by atoms with van der Waals surface area (Å²) in [6.07, 6.45) is 1.32. The molecule has 1 aliphatic heterocycles. The Morgan fingerprint density at radius 3 is 2.72 bits per heavy atom. The van der Waals surface area contributed by atoms with Gasteiger partial charge in [0.05, 0.1) is 11.1 Å². The molecule has 3 rings (SSSR count). The summed E-state index contributed by atoms with van der Waals surface area (Å²) in [5.74, 6) is 1.12. The number of benzene rings is 1. The van der Waals surface area contributed by atoms with E-state index in [9.17, 15) is 4.79 Å². The Hall–Kier alpha value is -2.01. The van der Waals surface area contributed by atoms with Crippen molar-refractivity contribution >= 4 is 23.2 Å². The normalized spacial score (nSPS) is 20.3. The van der Waals surface area contributed by atoms with Crippen LogP contribution >= 0.6 is 11.6 Å². The van der Waals surface area contributed by atoms with Crippen LogP contribution < -0.4 is 10.2 Å². The van der Waals surface area contributed by atoms with Gasteiger partial charge in [-0.15, -0.1) is 0 Å². The number of rotatable bonds is 5. The van der Waals surface area contributed by atoms with Crippen molar-refractivity contribution in [1.29, 1.82) is 0 Å². The summed E-state index contributed by atoms with van der Waals surface area (Å²) >= 11 is 5.98. The van der Waals surface area contributed by atoms with Gasteiger partial charge in [-0.25, -0.2) is 0 Å². The number of hydrogen-bond donors (Lipinski definition) is 1. The summed E-state index contributed by atoms with van der Waals surface area (Å²) in [5.41, 5.74) is 1.49. The summed E-state index contributed by atoms with van der Waals surface area (Å²) < 4.78 is 5.50. The molecule has 0 saturated carbocycles. The predicted octanol–water partition coefficient (Wildman–Crippen LogP) is 3.64. The third-order valence-corrected chi connectivity index (χ3v) is 5.19. The maximum absolute atomic E-state index is 12.7. The maximum Gasteiger partial charge on any atom is 0.228 e. The lowest BCUT2D eigenvalue weighted by molar-refractivity contribution is -0.129. The van der Waals surface area contributed by atoms with Gasteiger partial charge in [-0.3, -0.25) is 4.79 Å². The van der Waals surface area contributed by atoms with Crippen LogP contribution in [0.2, 0.25) is 5.02 Å². The van der Waals surface area contributed by atoms with Crippen molar-refractivity contribution in [3.8, 4) is 0 Å². The smallest absolute Gasteiger partial charge is 0.228 e. The lowest BCUT2D eigenvalue weighted by atomic mass is 9.81. The average Bonchev–Trinajstić information content (AvgIpc) is 3.23. The molecular formula is C19H24ClN3O2. The molecule has 0 bridgehead atoms.